The van der Waals surface area contributed by atoms with Crippen LogP contribution in [0.4, 0.5) is 0 Å². The standard InChI is InChI=1S/3C24H41NO.C8H23N5/c3*25-24(26)22-18-13-11-9-7-5-3-1-2-4-6-8-10-12-15-19-23-20-16-14-17-21-23;9-1-3-11-5-7-13-8-6-12-4-2-10/h3*14,16-17,20-21H,1-13,15,18-19,22H2,(H2,25,26);11-13H,1-10H2/p-3. The summed E-state index contributed by atoms with van der Waals surface area (Å²) < 4.78 is 0. The van der Waals surface area contributed by atoms with E-state index in [1.165, 1.54) is 286 Å². The fourth-order valence-corrected chi connectivity index (χ4v) is 11.6. The summed E-state index contributed by atoms with van der Waals surface area (Å²) in [5.41, 5.74) is 15.1. The van der Waals surface area contributed by atoms with Gasteiger partial charge in [0.15, 0.2) is 0 Å². The topological polar surface area (TPSA) is 229 Å². The van der Waals surface area contributed by atoms with E-state index in [2.05, 4.69) is 107 Å². The van der Waals surface area contributed by atoms with Gasteiger partial charge in [-0.15, -0.1) is 0 Å². The molecule has 3 aromatic rings. The Kier molecular flexibility index (Phi) is 71.5. The molecule has 0 saturated carbocycles. The van der Waals surface area contributed by atoms with Gasteiger partial charge in [-0.3, -0.25) is 0 Å². The summed E-state index contributed by atoms with van der Waals surface area (Å²) in [5, 5.41) is 61.8. The van der Waals surface area contributed by atoms with E-state index in [9.17, 15) is 15.3 Å². The van der Waals surface area contributed by atoms with E-state index >= 15 is 0 Å². The summed E-state index contributed by atoms with van der Waals surface area (Å²) in [5.74, 6) is -1.22. The minimum Gasteiger partial charge on any atom is -0.862 e. The first-order valence-corrected chi connectivity index (χ1v) is 38.2. The Morgan fingerprint density at radius 3 is 0.549 bits per heavy atom. The molecule has 11 nitrogen and oxygen atoms in total. The first-order valence-electron chi connectivity index (χ1n) is 38.2. The average Bonchev–Trinajstić information content (AvgIpc) is 3.75. The molecule has 0 aliphatic carbocycles. The van der Waals surface area contributed by atoms with Crippen molar-refractivity contribution in [3.63, 3.8) is 0 Å². The van der Waals surface area contributed by atoms with Gasteiger partial charge in [0.1, 0.15) is 0 Å². The lowest BCUT2D eigenvalue weighted by Crippen LogP contribution is -2.35. The third kappa shape index (κ3) is 74.8. The van der Waals surface area contributed by atoms with Crippen LogP contribution in [0.15, 0.2) is 91.0 Å². The monoisotopic (exact) mass is 1260 g/mol. The van der Waals surface area contributed by atoms with E-state index in [-0.39, 0.29) is 0 Å². The molecule has 0 aromatic heterocycles. The molecule has 10 N–H and O–H groups in total. The normalized spacial score (nSPS) is 10.9. The highest BCUT2D eigenvalue weighted by atomic mass is 16.3. The number of benzene rings is 3. The summed E-state index contributed by atoms with van der Waals surface area (Å²) in [6.45, 7) is 7.15. The van der Waals surface area contributed by atoms with Gasteiger partial charge in [-0.1, -0.05) is 341 Å². The first kappa shape index (κ1) is 86.9. The molecule has 524 valence electrons. The summed E-state index contributed by atoms with van der Waals surface area (Å²) in [7, 11) is 0. The maximum atomic E-state index is 10.5. The third-order valence-electron chi connectivity index (χ3n) is 17.2. The van der Waals surface area contributed by atoms with Crippen LogP contribution in [0.5, 0.6) is 0 Å². The lowest BCUT2D eigenvalue weighted by Gasteiger charge is -2.06. The van der Waals surface area contributed by atoms with Gasteiger partial charge in [0.25, 0.3) is 0 Å². The second kappa shape index (κ2) is 74.9. The van der Waals surface area contributed by atoms with E-state index in [1.54, 1.807) is 0 Å². The van der Waals surface area contributed by atoms with Crippen LogP contribution in [0.3, 0.4) is 0 Å². The Bertz CT molecular complexity index is 1680. The van der Waals surface area contributed by atoms with E-state index in [4.69, 9.17) is 27.7 Å². The van der Waals surface area contributed by atoms with Gasteiger partial charge >= 0.3 is 0 Å². The van der Waals surface area contributed by atoms with Gasteiger partial charge in [-0.2, -0.15) is 0 Å². The molecule has 0 atom stereocenters. The van der Waals surface area contributed by atoms with E-state index in [1.807, 2.05) is 0 Å². The highest BCUT2D eigenvalue weighted by Crippen LogP contribution is 2.18. The fourth-order valence-electron chi connectivity index (χ4n) is 11.6. The average molecular weight is 1270 g/mol. The highest BCUT2D eigenvalue weighted by molar-refractivity contribution is 5.68. The van der Waals surface area contributed by atoms with Crippen molar-refractivity contribution in [2.24, 2.45) is 11.5 Å². The lowest BCUT2D eigenvalue weighted by molar-refractivity contribution is -0.221. The molecule has 0 unspecified atom stereocenters. The lowest BCUT2D eigenvalue weighted by atomic mass is 10.0. The van der Waals surface area contributed by atoms with Gasteiger partial charge < -0.3 is 59.0 Å². The van der Waals surface area contributed by atoms with Crippen LogP contribution < -0.4 is 42.7 Å². The molecule has 11 heteroatoms. The van der Waals surface area contributed by atoms with Crippen molar-refractivity contribution in [1.82, 2.24) is 16.0 Å². The number of unbranched alkanes of at least 4 members (excludes halogenated alkanes) is 42. The zero-order valence-corrected chi connectivity index (χ0v) is 58.8. The van der Waals surface area contributed by atoms with Crippen molar-refractivity contribution >= 4 is 17.7 Å². The second-order valence-electron chi connectivity index (χ2n) is 26.0. The van der Waals surface area contributed by atoms with Crippen molar-refractivity contribution in [3.8, 4) is 0 Å². The molecule has 0 bridgehead atoms. The van der Waals surface area contributed by atoms with Crippen LogP contribution in [0.2, 0.25) is 0 Å². The highest BCUT2D eigenvalue weighted by Gasteiger charge is 2.01. The van der Waals surface area contributed by atoms with Crippen LogP contribution in [0, 0.1) is 16.2 Å². The number of hydrogen-bond donors (Lipinski definition) is 8. The Labute approximate surface area is 561 Å². The summed E-state index contributed by atoms with van der Waals surface area (Å²) in [6, 6.07) is 32.5. The maximum Gasteiger partial charge on any atom is 0.00772 e. The minimum absolute atomic E-state index is 0.405. The van der Waals surface area contributed by atoms with Gasteiger partial charge in [0.05, 0.1) is 0 Å². The van der Waals surface area contributed by atoms with Crippen LogP contribution in [-0.4, -0.2) is 70.1 Å². The number of aryl methyl sites for hydroxylation is 3. The Balaban J connectivity index is 0.00000122. The molecule has 0 fully saturated rings. The van der Waals surface area contributed by atoms with Crippen LogP contribution in [-0.2, 0) is 19.3 Å². The van der Waals surface area contributed by atoms with E-state index < -0.39 is 17.7 Å². The number of hydrogen-bond acceptors (Lipinski definition) is 11. The smallest absolute Gasteiger partial charge is 0.00772 e. The third-order valence-corrected chi connectivity index (χ3v) is 17.2. The van der Waals surface area contributed by atoms with Crippen LogP contribution >= 0.6 is 0 Å². The molecule has 0 amide bonds. The first-order chi connectivity index (χ1) is 44.8. The zero-order valence-electron chi connectivity index (χ0n) is 58.8. The molecule has 0 aliphatic heterocycles. The summed E-state index contributed by atoms with van der Waals surface area (Å²) in [4.78, 5) is 0. The van der Waals surface area contributed by atoms with Gasteiger partial charge in [-0.05, 0) is 111 Å². The SMILES string of the molecule is N=C([O-])CCCCCCCCCCCCCCCCCc1ccccc1.N=C([O-])CCCCCCCCCCCCCCCCCc1ccccc1.N=C([O-])CCCCCCCCCCCCCCCCCc1ccccc1.NCCNCCNCCNCCN. The van der Waals surface area contributed by atoms with Crippen molar-refractivity contribution in [1.29, 1.82) is 16.2 Å². The Morgan fingerprint density at radius 1 is 0.231 bits per heavy atom. The molecule has 0 radical (unpaired) electrons. The molecule has 91 heavy (non-hydrogen) atoms. The van der Waals surface area contributed by atoms with Gasteiger partial charge in [0, 0.05) is 52.4 Å². The van der Waals surface area contributed by atoms with Crippen LogP contribution in [0.1, 0.15) is 325 Å². The number of nitrogens with one attached hydrogen (secondary N) is 6. The maximum absolute atomic E-state index is 10.5. The number of rotatable bonds is 64. The summed E-state index contributed by atoms with van der Waals surface area (Å²) >= 11 is 0. The zero-order chi connectivity index (χ0) is 65.9. The second-order valence-corrected chi connectivity index (χ2v) is 26.0. The molecule has 0 saturated heterocycles. The van der Waals surface area contributed by atoms with E-state index in [0.717, 1.165) is 77.8 Å². The quantitative estimate of drug-likeness (QED) is 0.0154. The molecular formula is C80H143N8O3-3. The largest absolute Gasteiger partial charge is 0.862 e. The van der Waals surface area contributed by atoms with Crippen molar-refractivity contribution in [2.45, 2.75) is 327 Å². The van der Waals surface area contributed by atoms with E-state index in [0.29, 0.717) is 32.4 Å². The van der Waals surface area contributed by atoms with Crippen molar-refractivity contribution in [3.05, 3.63) is 108 Å². The number of nitrogens with two attached hydrogens (primary N) is 2. The molecule has 0 spiro atoms. The molecular weight excluding hydrogens is 1120 g/mol. The minimum atomic E-state index is -0.405. The summed E-state index contributed by atoms with van der Waals surface area (Å²) in [6.07, 6.45) is 64.6. The van der Waals surface area contributed by atoms with Gasteiger partial charge in [-0.25, -0.2) is 0 Å². The molecule has 3 rings (SSSR count). The van der Waals surface area contributed by atoms with Crippen molar-refractivity contribution < 1.29 is 15.3 Å². The van der Waals surface area contributed by atoms with Crippen LogP contribution in [0.25, 0.3) is 0 Å². The fraction of sp³-hybridized carbons (Fsp3) is 0.738. The predicted molar refractivity (Wildman–Crippen MR) is 392 cm³/mol. The van der Waals surface area contributed by atoms with Crippen molar-refractivity contribution in [2.75, 3.05) is 52.4 Å². The molecule has 0 aliphatic rings. The molecule has 3 aromatic carbocycles. The predicted octanol–water partition coefficient (Wildman–Crippen LogP) is 18.1. The Hall–Kier alpha value is -4.13. The molecule has 0 heterocycles. The van der Waals surface area contributed by atoms with Gasteiger partial charge in [0.2, 0.25) is 0 Å². The Morgan fingerprint density at radius 2 is 0.385 bits per heavy atom.